The Morgan fingerprint density at radius 2 is 2.11 bits per heavy atom. The minimum Gasteiger partial charge on any atom is -0.454 e. The van der Waals surface area contributed by atoms with Gasteiger partial charge in [0.25, 0.3) is 5.91 Å². The van der Waals surface area contributed by atoms with Crippen LogP contribution in [0.25, 0.3) is 0 Å². The molecule has 0 spiro atoms. The van der Waals surface area contributed by atoms with Crippen molar-refractivity contribution in [2.45, 2.75) is 32.9 Å². The van der Waals surface area contributed by atoms with Crippen molar-refractivity contribution in [1.82, 2.24) is 5.32 Å². The van der Waals surface area contributed by atoms with Crippen LogP contribution in [0.3, 0.4) is 0 Å². The monoisotopic (exact) mass is 253 g/mol. The van der Waals surface area contributed by atoms with E-state index in [1.165, 1.54) is 6.07 Å². The summed E-state index contributed by atoms with van der Waals surface area (Å²) in [4.78, 5) is 22.5. The first-order valence-corrected chi connectivity index (χ1v) is 5.87. The zero-order valence-electron chi connectivity index (χ0n) is 10.6. The van der Waals surface area contributed by atoms with Crippen LogP contribution >= 0.6 is 0 Å². The van der Waals surface area contributed by atoms with E-state index in [1.807, 2.05) is 13.8 Å². The molecule has 0 aromatic carbocycles. The van der Waals surface area contributed by atoms with Crippen molar-refractivity contribution in [3.8, 4) is 0 Å². The van der Waals surface area contributed by atoms with Crippen molar-refractivity contribution >= 4 is 11.8 Å². The molecule has 0 aliphatic carbocycles. The second-order valence-electron chi connectivity index (χ2n) is 4.26. The lowest BCUT2D eigenvalue weighted by Gasteiger charge is -2.17. The van der Waals surface area contributed by atoms with Gasteiger partial charge in [-0.1, -0.05) is 20.3 Å². The van der Waals surface area contributed by atoms with Crippen LogP contribution in [0.1, 0.15) is 36.6 Å². The Balaban J connectivity index is 2.49. The van der Waals surface area contributed by atoms with Gasteiger partial charge in [-0.2, -0.15) is 0 Å². The average molecular weight is 253 g/mol. The molecular weight excluding hydrogens is 234 g/mol. The summed E-state index contributed by atoms with van der Waals surface area (Å²) in [6.07, 6.45) is 0.834. The van der Waals surface area contributed by atoms with Crippen LogP contribution in [0.4, 0.5) is 0 Å². The maximum absolute atomic E-state index is 11.7. The summed E-state index contributed by atoms with van der Waals surface area (Å²) in [6, 6.07) is 2.52. The lowest BCUT2D eigenvalue weighted by atomic mass is 9.99. The van der Waals surface area contributed by atoms with Gasteiger partial charge in [0.1, 0.15) is 5.76 Å². The van der Waals surface area contributed by atoms with Gasteiger partial charge in [0, 0.05) is 0 Å². The second-order valence-corrected chi connectivity index (χ2v) is 4.26. The van der Waals surface area contributed by atoms with Crippen LogP contribution in [0.15, 0.2) is 16.5 Å². The molecule has 1 aromatic rings. The summed E-state index contributed by atoms with van der Waals surface area (Å²) in [6.45, 7) is 4.09. The standard InChI is InChI=1S/C12H19N3O3/c1-3-7(2)10(13)12(17)15-6-8-4-5-9(18-8)11(14)16/h4-5,7,10H,3,6,13H2,1-2H3,(H2,14,16)(H,15,17). The van der Waals surface area contributed by atoms with Crippen molar-refractivity contribution in [3.63, 3.8) is 0 Å². The molecule has 0 saturated carbocycles. The minimum absolute atomic E-state index is 0.0745. The van der Waals surface area contributed by atoms with Crippen LogP contribution in [-0.4, -0.2) is 17.9 Å². The van der Waals surface area contributed by atoms with E-state index in [0.29, 0.717) is 5.76 Å². The highest BCUT2D eigenvalue weighted by atomic mass is 16.4. The van der Waals surface area contributed by atoms with E-state index in [-0.39, 0.29) is 24.1 Å². The Hall–Kier alpha value is -1.82. The molecule has 18 heavy (non-hydrogen) atoms. The molecular formula is C12H19N3O3. The molecule has 1 rings (SSSR count). The topological polar surface area (TPSA) is 111 Å². The van der Waals surface area contributed by atoms with E-state index in [0.717, 1.165) is 6.42 Å². The van der Waals surface area contributed by atoms with Gasteiger partial charge in [-0.25, -0.2) is 0 Å². The van der Waals surface area contributed by atoms with Crippen LogP contribution < -0.4 is 16.8 Å². The largest absolute Gasteiger partial charge is 0.454 e. The summed E-state index contributed by atoms with van der Waals surface area (Å²) in [5.41, 5.74) is 10.8. The number of hydrogen-bond acceptors (Lipinski definition) is 4. The Kier molecular flexibility index (Phi) is 4.91. The Morgan fingerprint density at radius 1 is 1.44 bits per heavy atom. The quantitative estimate of drug-likeness (QED) is 0.679. The molecule has 5 N–H and O–H groups in total. The molecule has 0 aliphatic rings. The number of primary amides is 1. The average Bonchev–Trinajstić information content (AvgIpc) is 2.82. The minimum atomic E-state index is -0.635. The predicted octanol–water partition coefficient (Wildman–Crippen LogP) is 0.368. The predicted molar refractivity (Wildman–Crippen MR) is 66.5 cm³/mol. The van der Waals surface area contributed by atoms with Gasteiger partial charge in [-0.05, 0) is 18.1 Å². The van der Waals surface area contributed by atoms with Gasteiger partial charge in [0.15, 0.2) is 5.76 Å². The molecule has 0 aliphatic heterocycles. The lowest BCUT2D eigenvalue weighted by molar-refractivity contribution is -0.123. The summed E-state index contributed by atoms with van der Waals surface area (Å²) in [5, 5.41) is 2.66. The molecule has 1 heterocycles. The summed E-state index contributed by atoms with van der Waals surface area (Å²) < 4.78 is 5.13. The van der Waals surface area contributed by atoms with Crippen molar-refractivity contribution in [2.24, 2.45) is 17.4 Å². The van der Waals surface area contributed by atoms with Crippen molar-refractivity contribution in [1.29, 1.82) is 0 Å². The first-order valence-electron chi connectivity index (χ1n) is 5.87. The second kappa shape index (κ2) is 6.20. The fraction of sp³-hybridized carbons (Fsp3) is 0.500. The first kappa shape index (κ1) is 14.2. The first-order chi connectivity index (χ1) is 8.45. The molecule has 2 atom stereocenters. The summed E-state index contributed by atoms with van der Waals surface area (Å²) >= 11 is 0. The van der Waals surface area contributed by atoms with Gasteiger partial charge in [-0.3, -0.25) is 9.59 Å². The maximum Gasteiger partial charge on any atom is 0.284 e. The third-order valence-corrected chi connectivity index (χ3v) is 2.90. The molecule has 0 bridgehead atoms. The fourth-order valence-corrected chi connectivity index (χ4v) is 1.41. The maximum atomic E-state index is 11.7. The molecule has 2 amide bonds. The number of carbonyl (C=O) groups is 2. The van der Waals surface area contributed by atoms with Gasteiger partial charge in [-0.15, -0.1) is 0 Å². The molecule has 6 nitrogen and oxygen atoms in total. The third-order valence-electron chi connectivity index (χ3n) is 2.90. The lowest BCUT2D eigenvalue weighted by Crippen LogP contribution is -2.44. The number of nitrogens with one attached hydrogen (secondary N) is 1. The number of carbonyl (C=O) groups excluding carboxylic acids is 2. The highest BCUT2D eigenvalue weighted by Gasteiger charge is 2.19. The number of rotatable bonds is 6. The number of nitrogens with two attached hydrogens (primary N) is 2. The van der Waals surface area contributed by atoms with Crippen molar-refractivity contribution in [2.75, 3.05) is 0 Å². The zero-order chi connectivity index (χ0) is 13.7. The third kappa shape index (κ3) is 3.59. The van der Waals surface area contributed by atoms with Gasteiger partial charge in [0.2, 0.25) is 5.91 Å². The van der Waals surface area contributed by atoms with E-state index in [4.69, 9.17) is 15.9 Å². The number of hydrogen-bond donors (Lipinski definition) is 3. The van der Waals surface area contributed by atoms with Gasteiger partial charge >= 0.3 is 0 Å². The Bertz CT molecular complexity index is 428. The van der Waals surface area contributed by atoms with Gasteiger partial charge in [0.05, 0.1) is 12.6 Å². The fourth-order valence-electron chi connectivity index (χ4n) is 1.41. The molecule has 6 heteroatoms. The summed E-state index contributed by atoms with van der Waals surface area (Å²) in [7, 11) is 0. The van der Waals surface area contributed by atoms with E-state index < -0.39 is 11.9 Å². The van der Waals surface area contributed by atoms with Crippen LogP contribution in [0.2, 0.25) is 0 Å². The molecule has 100 valence electrons. The normalized spacial score (nSPS) is 13.9. The van der Waals surface area contributed by atoms with Gasteiger partial charge < -0.3 is 21.2 Å². The van der Waals surface area contributed by atoms with Crippen molar-refractivity contribution < 1.29 is 14.0 Å². The summed E-state index contributed by atoms with van der Waals surface area (Å²) in [5.74, 6) is -0.216. The smallest absolute Gasteiger partial charge is 0.284 e. The molecule has 0 fully saturated rings. The molecule has 0 radical (unpaired) electrons. The van der Waals surface area contributed by atoms with E-state index in [9.17, 15) is 9.59 Å². The SMILES string of the molecule is CCC(C)C(N)C(=O)NCc1ccc(C(N)=O)o1. The number of amides is 2. The zero-order valence-corrected chi connectivity index (χ0v) is 10.6. The van der Waals surface area contributed by atoms with Crippen molar-refractivity contribution in [3.05, 3.63) is 23.7 Å². The molecule has 2 unspecified atom stereocenters. The van der Waals surface area contributed by atoms with Crippen LogP contribution in [0.5, 0.6) is 0 Å². The van der Waals surface area contributed by atoms with Crippen LogP contribution in [-0.2, 0) is 11.3 Å². The van der Waals surface area contributed by atoms with Crippen LogP contribution in [0, 0.1) is 5.92 Å². The van der Waals surface area contributed by atoms with E-state index in [2.05, 4.69) is 5.32 Å². The highest BCUT2D eigenvalue weighted by Crippen LogP contribution is 2.08. The molecule has 1 aromatic heterocycles. The molecule has 0 saturated heterocycles. The Labute approximate surface area is 106 Å². The highest BCUT2D eigenvalue weighted by molar-refractivity contribution is 5.89. The Morgan fingerprint density at radius 3 is 2.61 bits per heavy atom. The van der Waals surface area contributed by atoms with E-state index in [1.54, 1.807) is 6.07 Å². The number of furan rings is 1. The van der Waals surface area contributed by atoms with E-state index >= 15 is 0 Å².